The van der Waals surface area contributed by atoms with Crippen LogP contribution in [0.2, 0.25) is 0 Å². The predicted octanol–water partition coefficient (Wildman–Crippen LogP) is 4.45. The molecule has 0 radical (unpaired) electrons. The van der Waals surface area contributed by atoms with Crippen LogP contribution in [0.15, 0.2) is 30.4 Å². The van der Waals surface area contributed by atoms with Gasteiger partial charge in [-0.25, -0.2) is 0 Å². The summed E-state index contributed by atoms with van der Waals surface area (Å²) in [7, 11) is 0. The Labute approximate surface area is 87.0 Å². The van der Waals surface area contributed by atoms with Crippen molar-refractivity contribution >= 4 is 12.2 Å². The molecule has 0 saturated carbocycles. The third kappa shape index (κ3) is 2.59. The molecule has 0 heteroatoms. The zero-order valence-electron chi connectivity index (χ0n) is 9.30. The number of rotatable bonds is 3. The smallest absolute Gasteiger partial charge is 0.0182 e. The fourth-order valence-corrected chi connectivity index (χ4v) is 1.37. The highest BCUT2D eigenvalue weighted by molar-refractivity contribution is 5.66. The lowest BCUT2D eigenvalue weighted by Crippen LogP contribution is -1.83. The van der Waals surface area contributed by atoms with Gasteiger partial charge in [0.25, 0.3) is 0 Å². The third-order valence-corrected chi connectivity index (χ3v) is 2.42. The monoisotopic (exact) mass is 186 g/mol. The van der Waals surface area contributed by atoms with Crippen molar-refractivity contribution in [2.45, 2.75) is 27.2 Å². The minimum Gasteiger partial charge on any atom is -0.0984 e. The van der Waals surface area contributed by atoms with E-state index in [0.717, 1.165) is 6.42 Å². The van der Waals surface area contributed by atoms with Gasteiger partial charge in [0.05, 0.1) is 0 Å². The first kappa shape index (κ1) is 10.8. The summed E-state index contributed by atoms with van der Waals surface area (Å²) in [5, 5.41) is 0. The molecule has 0 amide bonds. The van der Waals surface area contributed by atoms with E-state index in [1.807, 2.05) is 6.08 Å². The number of benzene rings is 1. The zero-order valence-corrected chi connectivity index (χ0v) is 9.30. The normalized spacial score (nSPS) is 11.5. The van der Waals surface area contributed by atoms with Gasteiger partial charge in [-0.15, -0.1) is 0 Å². The van der Waals surface area contributed by atoms with Crippen molar-refractivity contribution in [3.8, 4) is 0 Å². The van der Waals surface area contributed by atoms with E-state index in [1.54, 1.807) is 0 Å². The second kappa shape index (κ2) is 4.80. The van der Waals surface area contributed by atoms with E-state index in [-0.39, 0.29) is 0 Å². The lowest BCUT2D eigenvalue weighted by Gasteiger charge is -2.04. The molecule has 0 fully saturated rings. The van der Waals surface area contributed by atoms with Gasteiger partial charge in [0.1, 0.15) is 0 Å². The minimum absolute atomic E-state index is 1.10. The molecule has 1 rings (SSSR count). The minimum atomic E-state index is 1.10. The Kier molecular flexibility index (Phi) is 3.70. The Morgan fingerprint density at radius 2 is 2.07 bits per heavy atom. The molecule has 0 bridgehead atoms. The van der Waals surface area contributed by atoms with Crippen LogP contribution < -0.4 is 0 Å². The summed E-state index contributed by atoms with van der Waals surface area (Å²) in [5.41, 5.74) is 5.19. The number of hydrogen-bond acceptors (Lipinski definition) is 0. The van der Waals surface area contributed by atoms with Gasteiger partial charge in [0.15, 0.2) is 0 Å². The quantitative estimate of drug-likeness (QED) is 0.654. The van der Waals surface area contributed by atoms with E-state index in [2.05, 4.69) is 51.6 Å². The van der Waals surface area contributed by atoms with Crippen molar-refractivity contribution in [1.29, 1.82) is 0 Å². The topological polar surface area (TPSA) is 0 Å². The molecule has 0 atom stereocenters. The van der Waals surface area contributed by atoms with Crippen LogP contribution in [0.25, 0.3) is 12.2 Å². The second-order valence-corrected chi connectivity index (χ2v) is 3.68. The van der Waals surface area contributed by atoms with Gasteiger partial charge in [-0.2, -0.15) is 0 Å². The Morgan fingerprint density at radius 1 is 1.36 bits per heavy atom. The molecule has 0 saturated heterocycles. The van der Waals surface area contributed by atoms with Gasteiger partial charge >= 0.3 is 0 Å². The molecule has 0 aliphatic carbocycles. The Bertz CT molecular complexity index is 356. The lowest BCUT2D eigenvalue weighted by molar-refractivity contribution is 1.11. The molecule has 0 spiro atoms. The van der Waals surface area contributed by atoms with Crippen LogP contribution in [0, 0.1) is 6.92 Å². The van der Waals surface area contributed by atoms with Crippen molar-refractivity contribution in [2.75, 3.05) is 0 Å². The van der Waals surface area contributed by atoms with E-state index in [9.17, 15) is 0 Å². The number of aryl methyl sites for hydroxylation is 1. The van der Waals surface area contributed by atoms with Crippen molar-refractivity contribution in [3.63, 3.8) is 0 Å². The molecule has 1 aromatic carbocycles. The summed E-state index contributed by atoms with van der Waals surface area (Å²) in [6.45, 7) is 10.3. The standard InChI is InChI=1S/C14H18/c1-5-11(3)9-14-10-12(4)7-8-13(14)6-2/h6-10H,2,5H2,1,3-4H3/b11-9+. The summed E-state index contributed by atoms with van der Waals surface area (Å²) >= 11 is 0. The molecule has 1 aromatic rings. The first-order valence-corrected chi connectivity index (χ1v) is 5.07. The maximum Gasteiger partial charge on any atom is -0.0182 e. The van der Waals surface area contributed by atoms with Crippen LogP contribution in [0.5, 0.6) is 0 Å². The van der Waals surface area contributed by atoms with Gasteiger partial charge in [-0.1, -0.05) is 55.0 Å². The van der Waals surface area contributed by atoms with E-state index >= 15 is 0 Å². The van der Waals surface area contributed by atoms with Gasteiger partial charge in [-0.3, -0.25) is 0 Å². The second-order valence-electron chi connectivity index (χ2n) is 3.68. The van der Waals surface area contributed by atoms with Crippen LogP contribution in [0.3, 0.4) is 0 Å². The molecule has 74 valence electrons. The van der Waals surface area contributed by atoms with Gasteiger partial charge in [0, 0.05) is 0 Å². The molecule has 0 unspecified atom stereocenters. The Balaban J connectivity index is 3.17. The van der Waals surface area contributed by atoms with Crippen LogP contribution in [-0.4, -0.2) is 0 Å². The molecule has 0 heterocycles. The van der Waals surface area contributed by atoms with Gasteiger partial charge < -0.3 is 0 Å². The average Bonchev–Trinajstić information content (AvgIpc) is 2.18. The first-order chi connectivity index (χ1) is 6.67. The van der Waals surface area contributed by atoms with E-state index in [1.165, 1.54) is 22.3 Å². The Morgan fingerprint density at radius 3 is 2.64 bits per heavy atom. The zero-order chi connectivity index (χ0) is 10.6. The third-order valence-electron chi connectivity index (χ3n) is 2.42. The largest absolute Gasteiger partial charge is 0.0984 e. The molecule has 14 heavy (non-hydrogen) atoms. The summed E-state index contributed by atoms with van der Waals surface area (Å²) in [4.78, 5) is 0. The van der Waals surface area contributed by atoms with Crippen molar-refractivity contribution < 1.29 is 0 Å². The van der Waals surface area contributed by atoms with E-state index in [4.69, 9.17) is 0 Å². The van der Waals surface area contributed by atoms with Crippen molar-refractivity contribution in [2.24, 2.45) is 0 Å². The van der Waals surface area contributed by atoms with Gasteiger partial charge in [0.2, 0.25) is 0 Å². The van der Waals surface area contributed by atoms with Crippen LogP contribution >= 0.6 is 0 Å². The first-order valence-electron chi connectivity index (χ1n) is 5.07. The maximum atomic E-state index is 3.83. The SMILES string of the molecule is C=Cc1ccc(C)cc1/C=C(\C)CC. The predicted molar refractivity (Wildman–Crippen MR) is 65.2 cm³/mol. The van der Waals surface area contributed by atoms with Crippen molar-refractivity contribution in [3.05, 3.63) is 47.0 Å². The average molecular weight is 186 g/mol. The highest BCUT2D eigenvalue weighted by Gasteiger charge is 1.96. The van der Waals surface area contributed by atoms with E-state index in [0.29, 0.717) is 0 Å². The molecule has 0 N–H and O–H groups in total. The van der Waals surface area contributed by atoms with Crippen LogP contribution in [0.1, 0.15) is 37.0 Å². The number of allylic oxidation sites excluding steroid dienone is 1. The fraction of sp³-hybridized carbons (Fsp3) is 0.286. The van der Waals surface area contributed by atoms with Gasteiger partial charge in [-0.05, 0) is 31.4 Å². The summed E-state index contributed by atoms with van der Waals surface area (Å²) < 4.78 is 0. The van der Waals surface area contributed by atoms with E-state index < -0.39 is 0 Å². The molecular formula is C14H18. The van der Waals surface area contributed by atoms with Crippen LogP contribution in [0.4, 0.5) is 0 Å². The summed E-state index contributed by atoms with van der Waals surface area (Å²) in [5.74, 6) is 0. The maximum absolute atomic E-state index is 3.83. The highest BCUT2D eigenvalue weighted by Crippen LogP contribution is 2.17. The van der Waals surface area contributed by atoms with Crippen LogP contribution in [-0.2, 0) is 0 Å². The van der Waals surface area contributed by atoms with Crippen molar-refractivity contribution in [1.82, 2.24) is 0 Å². The summed E-state index contributed by atoms with van der Waals surface area (Å²) in [6, 6.07) is 6.45. The summed E-state index contributed by atoms with van der Waals surface area (Å²) in [6.07, 6.45) is 5.25. The highest BCUT2D eigenvalue weighted by atomic mass is 14.0. The fourth-order valence-electron chi connectivity index (χ4n) is 1.37. The molecule has 0 nitrogen and oxygen atoms in total. The molecular weight excluding hydrogens is 168 g/mol. The molecule has 0 aliphatic heterocycles. The number of hydrogen-bond donors (Lipinski definition) is 0. The lowest BCUT2D eigenvalue weighted by atomic mass is 10.0. The molecule has 0 aliphatic rings. The Hall–Kier alpha value is -1.30. The molecule has 0 aromatic heterocycles.